The molecular weight excluding hydrogens is 472 g/mol. The molecule has 1 amide bonds. The van der Waals surface area contributed by atoms with E-state index in [0.29, 0.717) is 28.3 Å². The van der Waals surface area contributed by atoms with Crippen molar-refractivity contribution < 1.29 is 23.8 Å². The SMILES string of the molecule is COc1ccc(C(=O)Nc2ccc(C(C)(C)COC(=O)c3cc4ccccc4[nH]c3=O)cc2)cc1OC. The molecule has 0 bridgehead atoms. The van der Waals surface area contributed by atoms with Gasteiger partial charge in [0.15, 0.2) is 11.5 Å². The molecule has 0 saturated carbocycles. The minimum Gasteiger partial charge on any atom is -0.493 e. The Bertz CT molecular complexity index is 1510. The number of aromatic amines is 1. The van der Waals surface area contributed by atoms with Gasteiger partial charge in [-0.25, -0.2) is 4.79 Å². The lowest BCUT2D eigenvalue weighted by molar-refractivity contribution is 0.0425. The summed E-state index contributed by atoms with van der Waals surface area (Å²) in [4.78, 5) is 40.4. The second-order valence-corrected chi connectivity index (χ2v) is 9.16. The molecule has 0 radical (unpaired) electrons. The van der Waals surface area contributed by atoms with Gasteiger partial charge in [0.1, 0.15) is 12.2 Å². The number of amides is 1. The molecule has 2 N–H and O–H groups in total. The maximum atomic E-state index is 12.7. The first-order valence-electron chi connectivity index (χ1n) is 11.6. The highest BCUT2D eigenvalue weighted by Gasteiger charge is 2.24. The van der Waals surface area contributed by atoms with E-state index in [1.807, 2.05) is 44.2 Å². The maximum Gasteiger partial charge on any atom is 0.343 e. The number of esters is 1. The zero-order valence-corrected chi connectivity index (χ0v) is 21.1. The summed E-state index contributed by atoms with van der Waals surface area (Å²) in [5.74, 6) is 0.0328. The van der Waals surface area contributed by atoms with E-state index in [1.54, 1.807) is 42.5 Å². The van der Waals surface area contributed by atoms with Gasteiger partial charge in [0.05, 0.1) is 14.2 Å². The van der Waals surface area contributed by atoms with Gasteiger partial charge < -0.3 is 24.5 Å². The molecule has 1 aromatic heterocycles. The first-order valence-corrected chi connectivity index (χ1v) is 11.6. The molecule has 0 fully saturated rings. The zero-order chi connectivity index (χ0) is 26.6. The van der Waals surface area contributed by atoms with Crippen LogP contribution in [0.5, 0.6) is 11.5 Å². The topological polar surface area (TPSA) is 107 Å². The van der Waals surface area contributed by atoms with E-state index in [4.69, 9.17) is 14.2 Å². The Morgan fingerprint density at radius 3 is 2.30 bits per heavy atom. The van der Waals surface area contributed by atoms with Crippen molar-refractivity contribution in [3.8, 4) is 11.5 Å². The molecule has 0 aliphatic rings. The first kappa shape index (κ1) is 25.5. The number of anilines is 1. The quantitative estimate of drug-likeness (QED) is 0.332. The molecule has 1 heterocycles. The lowest BCUT2D eigenvalue weighted by Crippen LogP contribution is -2.28. The lowest BCUT2D eigenvalue weighted by atomic mass is 9.85. The van der Waals surface area contributed by atoms with E-state index < -0.39 is 16.9 Å². The van der Waals surface area contributed by atoms with Crippen LogP contribution in [0, 0.1) is 0 Å². The van der Waals surface area contributed by atoms with Crippen LogP contribution >= 0.6 is 0 Å². The zero-order valence-electron chi connectivity index (χ0n) is 21.1. The third kappa shape index (κ3) is 5.64. The fourth-order valence-corrected chi connectivity index (χ4v) is 3.89. The summed E-state index contributed by atoms with van der Waals surface area (Å²) in [6.45, 7) is 3.93. The van der Waals surface area contributed by atoms with Crippen molar-refractivity contribution in [2.24, 2.45) is 0 Å². The molecule has 3 aromatic carbocycles. The second-order valence-electron chi connectivity index (χ2n) is 9.16. The second kappa shape index (κ2) is 10.6. The van der Waals surface area contributed by atoms with Crippen LogP contribution < -0.4 is 20.3 Å². The van der Waals surface area contributed by atoms with E-state index in [-0.39, 0.29) is 18.1 Å². The maximum absolute atomic E-state index is 12.7. The number of nitrogens with one attached hydrogen (secondary N) is 2. The highest BCUT2D eigenvalue weighted by atomic mass is 16.5. The van der Waals surface area contributed by atoms with Crippen LogP contribution in [0.2, 0.25) is 0 Å². The Balaban J connectivity index is 1.41. The molecule has 0 saturated heterocycles. The summed E-state index contributed by atoms with van der Waals surface area (Å²) in [5, 5.41) is 3.61. The number of H-pyrrole nitrogens is 1. The molecule has 0 atom stereocenters. The number of carbonyl (C=O) groups is 2. The highest BCUT2D eigenvalue weighted by molar-refractivity contribution is 6.04. The molecule has 8 nitrogen and oxygen atoms in total. The third-order valence-electron chi connectivity index (χ3n) is 6.11. The van der Waals surface area contributed by atoms with Gasteiger partial charge in [0, 0.05) is 22.2 Å². The average Bonchev–Trinajstić information content (AvgIpc) is 2.91. The van der Waals surface area contributed by atoms with Crippen LogP contribution in [0.3, 0.4) is 0 Å². The summed E-state index contributed by atoms with van der Waals surface area (Å²) < 4.78 is 16.0. The van der Waals surface area contributed by atoms with Gasteiger partial charge in [-0.3, -0.25) is 9.59 Å². The molecular formula is C29H28N2O6. The summed E-state index contributed by atoms with van der Waals surface area (Å²) in [7, 11) is 3.04. The summed E-state index contributed by atoms with van der Waals surface area (Å²) in [5.41, 5.74) is 1.53. The summed E-state index contributed by atoms with van der Waals surface area (Å²) in [6, 6.07) is 21.0. The van der Waals surface area contributed by atoms with Gasteiger partial charge in [-0.15, -0.1) is 0 Å². The number of fused-ring (bicyclic) bond motifs is 1. The van der Waals surface area contributed by atoms with E-state index in [9.17, 15) is 14.4 Å². The molecule has 0 aliphatic heterocycles. The Kier molecular flexibility index (Phi) is 7.29. The lowest BCUT2D eigenvalue weighted by Gasteiger charge is -2.25. The number of pyridine rings is 1. The van der Waals surface area contributed by atoms with E-state index in [1.165, 1.54) is 14.2 Å². The van der Waals surface area contributed by atoms with Gasteiger partial charge >= 0.3 is 5.97 Å². The minimum atomic E-state index is -0.682. The fraction of sp³-hybridized carbons (Fsp3) is 0.207. The third-order valence-corrected chi connectivity index (χ3v) is 6.11. The summed E-state index contributed by atoms with van der Waals surface area (Å²) in [6.07, 6.45) is 0. The largest absolute Gasteiger partial charge is 0.493 e. The first-order chi connectivity index (χ1) is 17.7. The summed E-state index contributed by atoms with van der Waals surface area (Å²) >= 11 is 0. The predicted molar refractivity (Wildman–Crippen MR) is 142 cm³/mol. The van der Waals surface area contributed by atoms with Crippen molar-refractivity contribution >= 4 is 28.5 Å². The van der Waals surface area contributed by atoms with Crippen LogP contribution in [-0.2, 0) is 10.2 Å². The molecule has 8 heteroatoms. The Morgan fingerprint density at radius 2 is 1.59 bits per heavy atom. The number of ether oxygens (including phenoxy) is 3. The van der Waals surface area contributed by atoms with Crippen molar-refractivity contribution in [3.63, 3.8) is 0 Å². The average molecular weight is 501 g/mol. The van der Waals surface area contributed by atoms with E-state index in [0.717, 1.165) is 10.9 Å². The van der Waals surface area contributed by atoms with Gasteiger partial charge in [0.25, 0.3) is 11.5 Å². The highest BCUT2D eigenvalue weighted by Crippen LogP contribution is 2.29. The molecule has 0 spiro atoms. The number of rotatable bonds is 8. The standard InChI is InChI=1S/C29H28N2O6/c1-29(2,17-37-28(34)22-15-18-7-5-6-8-23(18)31-27(22)33)20-10-12-21(13-11-20)30-26(32)19-9-14-24(35-3)25(16-19)36-4/h5-16H,17H2,1-4H3,(H,30,32)(H,31,33). The Labute approximate surface area is 214 Å². The normalized spacial score (nSPS) is 11.1. The number of benzene rings is 3. The Hall–Kier alpha value is -4.59. The van der Waals surface area contributed by atoms with Crippen LogP contribution in [-0.4, -0.2) is 37.7 Å². The molecule has 0 unspecified atom stereocenters. The van der Waals surface area contributed by atoms with Gasteiger partial charge in [-0.1, -0.05) is 44.2 Å². The van der Waals surface area contributed by atoms with Crippen molar-refractivity contribution in [2.75, 3.05) is 26.1 Å². The van der Waals surface area contributed by atoms with Gasteiger partial charge in [0.2, 0.25) is 0 Å². The number of hydrogen-bond donors (Lipinski definition) is 2. The molecule has 4 aromatic rings. The monoisotopic (exact) mass is 500 g/mol. The molecule has 37 heavy (non-hydrogen) atoms. The predicted octanol–water partition coefficient (Wildman–Crippen LogP) is 4.93. The number of carbonyl (C=O) groups excluding carboxylic acids is 2. The van der Waals surface area contributed by atoms with Crippen molar-refractivity contribution in [1.82, 2.24) is 4.98 Å². The molecule has 0 aliphatic carbocycles. The fourth-order valence-electron chi connectivity index (χ4n) is 3.89. The van der Waals surface area contributed by atoms with E-state index >= 15 is 0 Å². The van der Waals surface area contributed by atoms with Gasteiger partial charge in [-0.2, -0.15) is 0 Å². The number of methoxy groups -OCH3 is 2. The van der Waals surface area contributed by atoms with Crippen molar-refractivity contribution in [2.45, 2.75) is 19.3 Å². The van der Waals surface area contributed by atoms with Crippen LogP contribution in [0.15, 0.2) is 77.6 Å². The molecule has 4 rings (SSSR count). The van der Waals surface area contributed by atoms with E-state index in [2.05, 4.69) is 10.3 Å². The Morgan fingerprint density at radius 1 is 0.892 bits per heavy atom. The van der Waals surface area contributed by atoms with Crippen molar-refractivity contribution in [1.29, 1.82) is 0 Å². The number of aromatic nitrogens is 1. The van der Waals surface area contributed by atoms with Crippen molar-refractivity contribution in [3.05, 3.63) is 99.8 Å². The number of para-hydroxylation sites is 1. The van der Waals surface area contributed by atoms with Crippen LogP contribution in [0.25, 0.3) is 10.9 Å². The minimum absolute atomic E-state index is 0.0391. The molecule has 190 valence electrons. The van der Waals surface area contributed by atoms with Gasteiger partial charge in [-0.05, 0) is 53.4 Å². The van der Waals surface area contributed by atoms with Crippen LogP contribution in [0.4, 0.5) is 5.69 Å². The van der Waals surface area contributed by atoms with Crippen LogP contribution in [0.1, 0.15) is 40.1 Å². The smallest absolute Gasteiger partial charge is 0.343 e. The number of hydrogen-bond acceptors (Lipinski definition) is 6.